The topological polar surface area (TPSA) is 77.8 Å². The third-order valence-corrected chi connectivity index (χ3v) is 4.60. The van der Waals surface area contributed by atoms with Crippen molar-refractivity contribution in [3.05, 3.63) is 69.2 Å². The standard InChI is InChI=1S/C16H11Cl2NO4/c17-11-6-5-8(7-12(11)18)14-13(16(21)22)9-3-1-2-4-10(9)15(20)19(14)23/h1-7,13-14,23H,(H,21,22)/t13-,14+/m0/s1. The molecule has 7 heteroatoms. The van der Waals surface area contributed by atoms with Gasteiger partial charge >= 0.3 is 5.97 Å². The number of aliphatic carboxylic acids is 1. The van der Waals surface area contributed by atoms with E-state index in [1.165, 1.54) is 18.2 Å². The first-order valence-electron chi connectivity index (χ1n) is 6.71. The minimum Gasteiger partial charge on any atom is -0.481 e. The van der Waals surface area contributed by atoms with Crippen molar-refractivity contribution in [1.29, 1.82) is 0 Å². The SMILES string of the molecule is O=C(O)[C@H]1c2ccccc2C(=O)N(O)[C@@H]1c1ccc(Cl)c(Cl)c1. The fourth-order valence-corrected chi connectivity index (χ4v) is 3.13. The highest BCUT2D eigenvalue weighted by Gasteiger charge is 2.44. The van der Waals surface area contributed by atoms with Crippen molar-refractivity contribution < 1.29 is 19.9 Å². The Balaban J connectivity index is 2.20. The minimum atomic E-state index is -1.15. The van der Waals surface area contributed by atoms with Gasteiger partial charge in [0.05, 0.1) is 10.0 Å². The number of hydroxylamine groups is 2. The summed E-state index contributed by atoms with van der Waals surface area (Å²) in [7, 11) is 0. The molecular weight excluding hydrogens is 341 g/mol. The fourth-order valence-electron chi connectivity index (χ4n) is 2.82. The van der Waals surface area contributed by atoms with Crippen LogP contribution in [0.3, 0.4) is 0 Å². The number of nitrogens with zero attached hydrogens (tertiary/aromatic N) is 1. The number of halogens is 2. The molecular formula is C16H11Cl2NO4. The molecule has 0 aliphatic carbocycles. The normalized spacial score (nSPS) is 20.3. The van der Waals surface area contributed by atoms with Gasteiger partial charge in [-0.25, -0.2) is 5.06 Å². The molecule has 2 atom stereocenters. The molecule has 1 amide bonds. The average Bonchev–Trinajstić information content (AvgIpc) is 2.53. The van der Waals surface area contributed by atoms with Crippen LogP contribution < -0.4 is 0 Å². The number of benzene rings is 2. The van der Waals surface area contributed by atoms with E-state index in [1.807, 2.05) is 0 Å². The van der Waals surface area contributed by atoms with E-state index < -0.39 is 23.8 Å². The first kappa shape index (κ1) is 15.8. The number of carboxylic acid groups (broad SMARTS) is 1. The zero-order chi connectivity index (χ0) is 16.7. The van der Waals surface area contributed by atoms with Crippen LogP contribution in [0.25, 0.3) is 0 Å². The van der Waals surface area contributed by atoms with E-state index in [0.29, 0.717) is 21.2 Å². The van der Waals surface area contributed by atoms with Crippen molar-refractivity contribution in [2.75, 3.05) is 0 Å². The maximum Gasteiger partial charge on any atom is 0.313 e. The molecule has 0 unspecified atom stereocenters. The lowest BCUT2D eigenvalue weighted by molar-refractivity contribution is -0.148. The summed E-state index contributed by atoms with van der Waals surface area (Å²) in [6.07, 6.45) is 0. The summed E-state index contributed by atoms with van der Waals surface area (Å²) in [6, 6.07) is 9.73. The number of carbonyl (C=O) groups is 2. The molecule has 5 nitrogen and oxygen atoms in total. The molecule has 118 valence electrons. The summed E-state index contributed by atoms with van der Waals surface area (Å²) in [5.74, 6) is -2.93. The molecule has 1 heterocycles. The molecule has 1 aliphatic rings. The van der Waals surface area contributed by atoms with Crippen LogP contribution in [0.2, 0.25) is 10.0 Å². The number of carbonyl (C=O) groups excluding carboxylic acids is 1. The maximum absolute atomic E-state index is 12.3. The molecule has 2 N–H and O–H groups in total. The lowest BCUT2D eigenvalue weighted by Crippen LogP contribution is -2.43. The van der Waals surface area contributed by atoms with Crippen LogP contribution in [0, 0.1) is 0 Å². The minimum absolute atomic E-state index is 0.165. The Morgan fingerprint density at radius 2 is 1.78 bits per heavy atom. The van der Waals surface area contributed by atoms with Crippen LogP contribution in [0.15, 0.2) is 42.5 Å². The lowest BCUT2D eigenvalue weighted by atomic mass is 9.81. The van der Waals surface area contributed by atoms with Gasteiger partial charge in [-0.1, -0.05) is 47.5 Å². The third-order valence-electron chi connectivity index (χ3n) is 3.86. The number of amides is 1. The van der Waals surface area contributed by atoms with Crippen molar-refractivity contribution in [1.82, 2.24) is 5.06 Å². The number of rotatable bonds is 2. The van der Waals surface area contributed by atoms with Gasteiger partial charge in [0, 0.05) is 5.56 Å². The Hall–Kier alpha value is -2.08. The predicted octanol–water partition coefficient (Wildman–Crippen LogP) is 3.75. The van der Waals surface area contributed by atoms with Crippen LogP contribution in [0.4, 0.5) is 0 Å². The van der Waals surface area contributed by atoms with Crippen LogP contribution >= 0.6 is 23.2 Å². The van der Waals surface area contributed by atoms with Gasteiger partial charge in [-0.2, -0.15) is 0 Å². The van der Waals surface area contributed by atoms with Gasteiger partial charge in [0.25, 0.3) is 5.91 Å². The van der Waals surface area contributed by atoms with Crippen LogP contribution in [0.5, 0.6) is 0 Å². The van der Waals surface area contributed by atoms with Gasteiger partial charge in [-0.05, 0) is 29.3 Å². The van der Waals surface area contributed by atoms with E-state index in [0.717, 1.165) is 0 Å². The number of fused-ring (bicyclic) bond motifs is 1. The highest BCUT2D eigenvalue weighted by atomic mass is 35.5. The molecule has 1 aliphatic heterocycles. The summed E-state index contributed by atoms with van der Waals surface area (Å²) in [5.41, 5.74) is 0.905. The summed E-state index contributed by atoms with van der Waals surface area (Å²) in [6.45, 7) is 0. The molecule has 23 heavy (non-hydrogen) atoms. The Bertz CT molecular complexity index is 808. The van der Waals surface area contributed by atoms with E-state index in [1.54, 1.807) is 24.3 Å². The monoisotopic (exact) mass is 351 g/mol. The Kier molecular flexibility index (Phi) is 4.02. The molecule has 0 saturated heterocycles. The molecule has 0 saturated carbocycles. The van der Waals surface area contributed by atoms with E-state index >= 15 is 0 Å². The third kappa shape index (κ3) is 2.57. The van der Waals surface area contributed by atoms with Gasteiger partial charge in [0.1, 0.15) is 12.0 Å². The largest absolute Gasteiger partial charge is 0.481 e. The predicted molar refractivity (Wildman–Crippen MR) is 84.0 cm³/mol. The summed E-state index contributed by atoms with van der Waals surface area (Å²) in [4.78, 5) is 24.1. The van der Waals surface area contributed by atoms with Gasteiger partial charge in [0.15, 0.2) is 0 Å². The Labute approximate surface area is 141 Å². The van der Waals surface area contributed by atoms with Gasteiger partial charge in [0.2, 0.25) is 0 Å². The van der Waals surface area contributed by atoms with E-state index in [9.17, 15) is 19.9 Å². The quantitative estimate of drug-likeness (QED) is 0.807. The summed E-state index contributed by atoms with van der Waals surface area (Å²) in [5, 5.41) is 20.9. The van der Waals surface area contributed by atoms with E-state index in [2.05, 4.69) is 0 Å². The van der Waals surface area contributed by atoms with E-state index in [4.69, 9.17) is 23.2 Å². The van der Waals surface area contributed by atoms with E-state index in [-0.39, 0.29) is 10.6 Å². The molecule has 0 fully saturated rings. The van der Waals surface area contributed by atoms with Crippen molar-refractivity contribution in [3.63, 3.8) is 0 Å². The maximum atomic E-state index is 12.3. The van der Waals surface area contributed by atoms with Gasteiger partial charge in [-0.3, -0.25) is 14.8 Å². The summed E-state index contributed by atoms with van der Waals surface area (Å²) >= 11 is 11.9. The Morgan fingerprint density at radius 1 is 1.09 bits per heavy atom. The molecule has 0 bridgehead atoms. The van der Waals surface area contributed by atoms with Crippen molar-refractivity contribution >= 4 is 35.1 Å². The molecule has 0 aromatic heterocycles. The second kappa shape index (κ2) is 5.85. The first-order chi connectivity index (χ1) is 10.9. The smallest absolute Gasteiger partial charge is 0.313 e. The molecule has 2 aromatic carbocycles. The summed E-state index contributed by atoms with van der Waals surface area (Å²) < 4.78 is 0. The Morgan fingerprint density at radius 3 is 2.43 bits per heavy atom. The molecule has 0 spiro atoms. The molecule has 2 aromatic rings. The van der Waals surface area contributed by atoms with Crippen LogP contribution in [-0.2, 0) is 4.79 Å². The number of hydrogen-bond donors (Lipinski definition) is 2. The van der Waals surface area contributed by atoms with Crippen LogP contribution in [0.1, 0.15) is 33.4 Å². The number of carboxylic acids is 1. The van der Waals surface area contributed by atoms with Crippen LogP contribution in [-0.4, -0.2) is 27.3 Å². The first-order valence-corrected chi connectivity index (χ1v) is 7.46. The van der Waals surface area contributed by atoms with Crippen molar-refractivity contribution in [3.8, 4) is 0 Å². The average molecular weight is 352 g/mol. The second-order valence-corrected chi connectivity index (χ2v) is 5.99. The highest BCUT2D eigenvalue weighted by molar-refractivity contribution is 6.42. The molecule has 3 rings (SSSR count). The van der Waals surface area contributed by atoms with Gasteiger partial charge in [-0.15, -0.1) is 0 Å². The zero-order valence-corrected chi connectivity index (χ0v) is 13.1. The van der Waals surface area contributed by atoms with Crippen molar-refractivity contribution in [2.24, 2.45) is 0 Å². The second-order valence-electron chi connectivity index (χ2n) is 5.17. The zero-order valence-electron chi connectivity index (χ0n) is 11.6. The fraction of sp³-hybridized carbons (Fsp3) is 0.125. The van der Waals surface area contributed by atoms with Gasteiger partial charge < -0.3 is 5.11 Å². The lowest BCUT2D eigenvalue weighted by Gasteiger charge is -2.36. The highest BCUT2D eigenvalue weighted by Crippen LogP contribution is 2.42. The molecule has 0 radical (unpaired) electrons. The van der Waals surface area contributed by atoms with Crippen molar-refractivity contribution in [2.45, 2.75) is 12.0 Å². The number of hydrogen-bond acceptors (Lipinski definition) is 3.